The summed E-state index contributed by atoms with van der Waals surface area (Å²) in [5.74, 6) is -0.241. The molecule has 5 nitrogen and oxygen atoms in total. The summed E-state index contributed by atoms with van der Waals surface area (Å²) < 4.78 is 0. The fraction of sp³-hybridized carbons (Fsp3) is 0.0833. The van der Waals surface area contributed by atoms with Crippen LogP contribution in [0.15, 0.2) is 36.9 Å². The van der Waals surface area contributed by atoms with Crippen molar-refractivity contribution in [2.45, 2.75) is 6.92 Å². The van der Waals surface area contributed by atoms with E-state index < -0.39 is 0 Å². The van der Waals surface area contributed by atoms with Gasteiger partial charge in [0.1, 0.15) is 6.33 Å². The van der Waals surface area contributed by atoms with Crippen LogP contribution >= 0.6 is 0 Å². The summed E-state index contributed by atoms with van der Waals surface area (Å²) in [4.78, 5) is 19.4. The number of rotatable bonds is 2. The quantitative estimate of drug-likeness (QED) is 0.765. The van der Waals surface area contributed by atoms with Crippen LogP contribution in [0.4, 0.5) is 11.4 Å². The first kappa shape index (κ1) is 11.1. The van der Waals surface area contributed by atoms with Gasteiger partial charge >= 0.3 is 0 Å². The van der Waals surface area contributed by atoms with Crippen molar-refractivity contribution in [3.63, 3.8) is 0 Å². The standard InChI is InChI=1S/C12H12N4O/c1-8-4-10(2-3-11(8)13)16-12(17)9-5-14-7-15-6-9/h2-7H,13H2,1H3,(H,16,17). The van der Waals surface area contributed by atoms with Crippen LogP contribution in [0.3, 0.4) is 0 Å². The van der Waals surface area contributed by atoms with E-state index in [1.54, 1.807) is 12.1 Å². The van der Waals surface area contributed by atoms with Gasteiger partial charge in [0.25, 0.3) is 5.91 Å². The molecule has 0 bridgehead atoms. The molecule has 3 N–H and O–H groups in total. The van der Waals surface area contributed by atoms with Crippen molar-refractivity contribution in [2.75, 3.05) is 11.1 Å². The Morgan fingerprint density at radius 2 is 2.00 bits per heavy atom. The van der Waals surface area contributed by atoms with Gasteiger partial charge in [-0.15, -0.1) is 0 Å². The van der Waals surface area contributed by atoms with E-state index >= 15 is 0 Å². The van der Waals surface area contributed by atoms with Gasteiger partial charge in [-0.25, -0.2) is 9.97 Å². The largest absolute Gasteiger partial charge is 0.399 e. The van der Waals surface area contributed by atoms with Crippen LogP contribution in [-0.2, 0) is 0 Å². The van der Waals surface area contributed by atoms with Gasteiger partial charge < -0.3 is 11.1 Å². The zero-order valence-electron chi connectivity index (χ0n) is 9.34. The maximum Gasteiger partial charge on any atom is 0.258 e. The normalized spacial score (nSPS) is 9.94. The Morgan fingerprint density at radius 3 is 2.65 bits per heavy atom. The number of amides is 1. The van der Waals surface area contributed by atoms with Crippen molar-refractivity contribution >= 4 is 17.3 Å². The molecule has 0 saturated carbocycles. The van der Waals surface area contributed by atoms with E-state index in [9.17, 15) is 4.79 Å². The predicted octanol–water partition coefficient (Wildman–Crippen LogP) is 1.62. The Morgan fingerprint density at radius 1 is 1.29 bits per heavy atom. The molecule has 0 radical (unpaired) electrons. The molecular weight excluding hydrogens is 216 g/mol. The van der Waals surface area contributed by atoms with Crippen molar-refractivity contribution in [3.8, 4) is 0 Å². The summed E-state index contributed by atoms with van der Waals surface area (Å²) in [6, 6.07) is 5.33. The smallest absolute Gasteiger partial charge is 0.258 e. The molecule has 0 unspecified atom stereocenters. The highest BCUT2D eigenvalue weighted by molar-refractivity contribution is 6.03. The summed E-state index contributed by atoms with van der Waals surface area (Å²) in [6.07, 6.45) is 4.31. The van der Waals surface area contributed by atoms with Gasteiger partial charge in [-0.3, -0.25) is 4.79 Å². The lowest BCUT2D eigenvalue weighted by molar-refractivity contribution is 0.102. The molecule has 1 aromatic heterocycles. The van der Waals surface area contributed by atoms with Crippen molar-refractivity contribution in [1.82, 2.24) is 9.97 Å². The van der Waals surface area contributed by atoms with E-state index in [1.807, 2.05) is 13.0 Å². The van der Waals surface area contributed by atoms with Crippen molar-refractivity contribution in [2.24, 2.45) is 0 Å². The minimum Gasteiger partial charge on any atom is -0.399 e. The molecule has 5 heteroatoms. The fourth-order valence-corrected chi connectivity index (χ4v) is 1.37. The van der Waals surface area contributed by atoms with Gasteiger partial charge in [-0.2, -0.15) is 0 Å². The molecular formula is C12H12N4O. The molecule has 0 fully saturated rings. The number of aromatic nitrogens is 2. The Balaban J connectivity index is 2.16. The van der Waals surface area contributed by atoms with Crippen molar-refractivity contribution < 1.29 is 4.79 Å². The number of benzene rings is 1. The predicted molar refractivity (Wildman–Crippen MR) is 65.6 cm³/mol. The SMILES string of the molecule is Cc1cc(NC(=O)c2cncnc2)ccc1N. The van der Waals surface area contributed by atoms with Gasteiger partial charge in [0, 0.05) is 23.8 Å². The molecule has 1 amide bonds. The van der Waals surface area contributed by atoms with Gasteiger partial charge in [-0.05, 0) is 30.7 Å². The molecule has 1 aromatic carbocycles. The van der Waals surface area contributed by atoms with E-state index in [1.165, 1.54) is 18.7 Å². The molecule has 0 aliphatic carbocycles. The Hall–Kier alpha value is -2.43. The molecule has 2 aromatic rings. The number of hydrogen-bond donors (Lipinski definition) is 2. The third-order valence-corrected chi connectivity index (χ3v) is 2.35. The number of carbonyl (C=O) groups excluding carboxylic acids is 1. The highest BCUT2D eigenvalue weighted by Crippen LogP contribution is 2.17. The van der Waals surface area contributed by atoms with E-state index in [-0.39, 0.29) is 5.91 Å². The average Bonchev–Trinajstić information content (AvgIpc) is 2.35. The monoisotopic (exact) mass is 228 g/mol. The second kappa shape index (κ2) is 4.61. The second-order valence-corrected chi connectivity index (χ2v) is 3.65. The van der Waals surface area contributed by atoms with Gasteiger partial charge in [-0.1, -0.05) is 0 Å². The molecule has 2 rings (SSSR count). The molecule has 0 spiro atoms. The topological polar surface area (TPSA) is 80.9 Å². The number of nitrogen functional groups attached to an aromatic ring is 1. The molecule has 0 atom stereocenters. The summed E-state index contributed by atoms with van der Waals surface area (Å²) in [7, 11) is 0. The maximum atomic E-state index is 11.8. The minimum atomic E-state index is -0.241. The lowest BCUT2D eigenvalue weighted by Gasteiger charge is -2.06. The molecule has 0 aliphatic heterocycles. The third-order valence-electron chi connectivity index (χ3n) is 2.35. The zero-order valence-corrected chi connectivity index (χ0v) is 9.34. The second-order valence-electron chi connectivity index (χ2n) is 3.65. The lowest BCUT2D eigenvalue weighted by Crippen LogP contribution is -2.12. The van der Waals surface area contributed by atoms with E-state index in [4.69, 9.17) is 5.73 Å². The fourth-order valence-electron chi connectivity index (χ4n) is 1.37. The number of carbonyl (C=O) groups is 1. The number of nitrogens with zero attached hydrogens (tertiary/aromatic N) is 2. The first-order valence-electron chi connectivity index (χ1n) is 5.09. The van der Waals surface area contributed by atoms with Crippen LogP contribution in [-0.4, -0.2) is 15.9 Å². The van der Waals surface area contributed by atoms with Gasteiger partial charge in [0.2, 0.25) is 0 Å². The highest BCUT2D eigenvalue weighted by Gasteiger charge is 2.06. The third kappa shape index (κ3) is 2.57. The van der Waals surface area contributed by atoms with Crippen LogP contribution in [0, 0.1) is 6.92 Å². The Kier molecular flexibility index (Phi) is 3.00. The Bertz CT molecular complexity index is 539. The van der Waals surface area contributed by atoms with E-state index in [2.05, 4.69) is 15.3 Å². The van der Waals surface area contributed by atoms with Crippen LogP contribution < -0.4 is 11.1 Å². The van der Waals surface area contributed by atoms with Crippen molar-refractivity contribution in [3.05, 3.63) is 48.0 Å². The van der Waals surface area contributed by atoms with E-state index in [0.717, 1.165) is 5.56 Å². The maximum absolute atomic E-state index is 11.8. The number of aryl methyl sites for hydroxylation is 1. The lowest BCUT2D eigenvalue weighted by atomic mass is 10.2. The first-order chi connectivity index (χ1) is 8.16. The van der Waals surface area contributed by atoms with Crippen LogP contribution in [0.1, 0.15) is 15.9 Å². The number of nitrogens with two attached hydrogens (primary N) is 1. The molecule has 1 heterocycles. The molecule has 17 heavy (non-hydrogen) atoms. The highest BCUT2D eigenvalue weighted by atomic mass is 16.1. The van der Waals surface area contributed by atoms with Crippen LogP contribution in [0.25, 0.3) is 0 Å². The number of anilines is 2. The average molecular weight is 228 g/mol. The number of nitrogens with one attached hydrogen (secondary N) is 1. The summed E-state index contributed by atoms with van der Waals surface area (Å²) in [5, 5.41) is 2.75. The summed E-state index contributed by atoms with van der Waals surface area (Å²) in [6.45, 7) is 1.89. The zero-order chi connectivity index (χ0) is 12.3. The number of hydrogen-bond acceptors (Lipinski definition) is 4. The molecule has 0 aliphatic rings. The van der Waals surface area contributed by atoms with E-state index in [0.29, 0.717) is 16.9 Å². The Labute approximate surface area is 98.7 Å². The first-order valence-corrected chi connectivity index (χ1v) is 5.09. The van der Waals surface area contributed by atoms with Gasteiger partial charge in [0.15, 0.2) is 0 Å². The minimum absolute atomic E-state index is 0.241. The van der Waals surface area contributed by atoms with Crippen LogP contribution in [0.2, 0.25) is 0 Å². The summed E-state index contributed by atoms with van der Waals surface area (Å²) >= 11 is 0. The summed E-state index contributed by atoms with van der Waals surface area (Å²) in [5.41, 5.74) is 8.44. The van der Waals surface area contributed by atoms with Crippen LogP contribution in [0.5, 0.6) is 0 Å². The molecule has 86 valence electrons. The molecule has 0 saturated heterocycles. The van der Waals surface area contributed by atoms with Gasteiger partial charge in [0.05, 0.1) is 5.56 Å². The van der Waals surface area contributed by atoms with Crippen molar-refractivity contribution in [1.29, 1.82) is 0 Å².